The van der Waals surface area contributed by atoms with Crippen molar-refractivity contribution < 1.29 is 4.74 Å². The van der Waals surface area contributed by atoms with Gasteiger partial charge in [0.05, 0.1) is 25.3 Å². The van der Waals surface area contributed by atoms with Gasteiger partial charge in [-0.05, 0) is 22.9 Å². The fraction of sp³-hybridized carbons (Fsp3) is 0.333. The Kier molecular flexibility index (Phi) is 3.06. The number of thiophene rings is 2. The van der Waals surface area contributed by atoms with Crippen LogP contribution in [0, 0.1) is 0 Å². The summed E-state index contributed by atoms with van der Waals surface area (Å²) < 4.78 is 5.21. The monoisotopic (exact) mass is 251 g/mol. The van der Waals surface area contributed by atoms with Gasteiger partial charge in [0.1, 0.15) is 0 Å². The molecule has 0 radical (unpaired) electrons. The van der Waals surface area contributed by atoms with Crippen molar-refractivity contribution in [2.45, 2.75) is 12.1 Å². The van der Waals surface area contributed by atoms with E-state index < -0.39 is 0 Å². The molecule has 0 saturated carbocycles. The molecule has 1 fully saturated rings. The summed E-state index contributed by atoms with van der Waals surface area (Å²) in [5.41, 5.74) is 0. The molecule has 0 unspecified atom stereocenters. The molecule has 0 aromatic carbocycles. The van der Waals surface area contributed by atoms with Crippen molar-refractivity contribution in [1.82, 2.24) is 5.32 Å². The third-order valence-corrected chi connectivity index (χ3v) is 4.57. The van der Waals surface area contributed by atoms with Crippen LogP contribution in [0.4, 0.5) is 0 Å². The van der Waals surface area contributed by atoms with E-state index in [0.717, 1.165) is 13.2 Å². The second-order valence-corrected chi connectivity index (χ2v) is 5.82. The third kappa shape index (κ3) is 2.06. The van der Waals surface area contributed by atoms with Crippen molar-refractivity contribution in [2.75, 3.05) is 13.2 Å². The molecule has 1 saturated heterocycles. The van der Waals surface area contributed by atoms with E-state index in [0.29, 0.717) is 12.1 Å². The minimum absolute atomic E-state index is 0.342. The molecule has 2 aromatic heterocycles. The number of ether oxygens (including phenoxy) is 1. The molecule has 3 heterocycles. The van der Waals surface area contributed by atoms with E-state index >= 15 is 0 Å². The molecule has 1 aliphatic heterocycles. The lowest BCUT2D eigenvalue weighted by Crippen LogP contribution is -2.47. The molecule has 0 amide bonds. The third-order valence-electron chi connectivity index (χ3n) is 2.70. The van der Waals surface area contributed by atoms with Crippen LogP contribution in [-0.4, -0.2) is 19.3 Å². The number of hydrogen-bond acceptors (Lipinski definition) is 4. The highest BCUT2D eigenvalue weighted by atomic mass is 32.1. The van der Waals surface area contributed by atoms with Crippen molar-refractivity contribution in [3.63, 3.8) is 0 Å². The summed E-state index contributed by atoms with van der Waals surface area (Å²) in [6.45, 7) is 1.68. The Morgan fingerprint density at radius 2 is 1.75 bits per heavy atom. The maximum Gasteiger partial charge on any atom is 0.0768 e. The van der Waals surface area contributed by atoms with Crippen LogP contribution < -0.4 is 5.32 Å². The van der Waals surface area contributed by atoms with Gasteiger partial charge in [0.15, 0.2) is 0 Å². The second kappa shape index (κ2) is 4.67. The number of rotatable bonds is 4. The molecule has 0 atom stereocenters. The van der Waals surface area contributed by atoms with Crippen LogP contribution in [-0.2, 0) is 4.74 Å². The molecule has 1 N–H and O–H groups in total. The van der Waals surface area contributed by atoms with Crippen molar-refractivity contribution in [3.05, 3.63) is 44.8 Å². The number of hydrogen-bond donors (Lipinski definition) is 1. The SMILES string of the molecule is c1csc(C(NC2COC2)c2cccs2)c1. The van der Waals surface area contributed by atoms with Crippen LogP contribution in [0.3, 0.4) is 0 Å². The summed E-state index contributed by atoms with van der Waals surface area (Å²) >= 11 is 3.62. The molecule has 2 aromatic rings. The van der Waals surface area contributed by atoms with Gasteiger partial charge in [-0.1, -0.05) is 12.1 Å². The van der Waals surface area contributed by atoms with Crippen molar-refractivity contribution >= 4 is 22.7 Å². The summed E-state index contributed by atoms with van der Waals surface area (Å²) in [5.74, 6) is 0. The van der Waals surface area contributed by atoms with E-state index in [1.165, 1.54) is 9.75 Å². The van der Waals surface area contributed by atoms with Crippen molar-refractivity contribution in [3.8, 4) is 0 Å². The van der Waals surface area contributed by atoms with Crippen molar-refractivity contribution in [2.24, 2.45) is 0 Å². The van der Waals surface area contributed by atoms with Gasteiger partial charge in [-0.25, -0.2) is 0 Å². The highest BCUT2D eigenvalue weighted by Crippen LogP contribution is 2.30. The van der Waals surface area contributed by atoms with Gasteiger partial charge in [0, 0.05) is 9.75 Å². The Labute approximate surface area is 103 Å². The fourth-order valence-corrected chi connectivity index (χ4v) is 3.46. The summed E-state index contributed by atoms with van der Waals surface area (Å²) in [4.78, 5) is 2.77. The molecule has 4 heteroatoms. The molecule has 0 bridgehead atoms. The van der Waals surface area contributed by atoms with E-state index in [2.05, 4.69) is 40.3 Å². The Hall–Kier alpha value is -0.680. The first-order valence-electron chi connectivity index (χ1n) is 5.34. The first kappa shape index (κ1) is 10.5. The van der Waals surface area contributed by atoms with Gasteiger partial charge in [-0.15, -0.1) is 22.7 Å². The normalized spacial score (nSPS) is 16.6. The van der Waals surface area contributed by atoms with Crippen molar-refractivity contribution in [1.29, 1.82) is 0 Å². The fourth-order valence-electron chi connectivity index (χ4n) is 1.78. The van der Waals surface area contributed by atoms with Gasteiger partial charge < -0.3 is 4.74 Å². The Balaban J connectivity index is 1.82. The molecule has 84 valence electrons. The van der Waals surface area contributed by atoms with E-state index in [9.17, 15) is 0 Å². The lowest BCUT2D eigenvalue weighted by atomic mass is 10.1. The van der Waals surface area contributed by atoms with Crippen LogP contribution in [0.2, 0.25) is 0 Å². The van der Waals surface area contributed by atoms with E-state index in [1.807, 2.05) is 22.7 Å². The largest absolute Gasteiger partial charge is 0.378 e. The average molecular weight is 251 g/mol. The standard InChI is InChI=1S/C12H13NOS2/c1-3-10(15-5-1)12(11-4-2-6-16-11)13-9-7-14-8-9/h1-6,9,12-13H,7-8H2. The predicted octanol–water partition coefficient (Wildman–Crippen LogP) is 2.89. The van der Waals surface area contributed by atoms with Gasteiger partial charge in [0.2, 0.25) is 0 Å². The molecule has 0 spiro atoms. The molecule has 16 heavy (non-hydrogen) atoms. The molecular formula is C12H13NOS2. The van der Waals surface area contributed by atoms with Gasteiger partial charge >= 0.3 is 0 Å². The molecular weight excluding hydrogens is 238 g/mol. The first-order valence-corrected chi connectivity index (χ1v) is 7.10. The average Bonchev–Trinajstić information content (AvgIpc) is 2.87. The van der Waals surface area contributed by atoms with Crippen LogP contribution in [0.1, 0.15) is 15.8 Å². The van der Waals surface area contributed by atoms with Crippen LogP contribution in [0.15, 0.2) is 35.0 Å². The first-order chi connectivity index (χ1) is 7.93. The maximum atomic E-state index is 5.21. The lowest BCUT2D eigenvalue weighted by molar-refractivity contribution is -0.00798. The number of nitrogens with one attached hydrogen (secondary N) is 1. The highest BCUT2D eigenvalue weighted by molar-refractivity contribution is 7.11. The summed E-state index contributed by atoms with van der Waals surface area (Å²) in [5, 5.41) is 7.92. The zero-order valence-corrected chi connectivity index (χ0v) is 10.4. The van der Waals surface area contributed by atoms with Crippen LogP contribution in [0.25, 0.3) is 0 Å². The van der Waals surface area contributed by atoms with Gasteiger partial charge in [0.25, 0.3) is 0 Å². The minimum atomic E-state index is 0.342. The smallest absolute Gasteiger partial charge is 0.0768 e. The van der Waals surface area contributed by atoms with Crippen LogP contribution in [0.5, 0.6) is 0 Å². The molecule has 1 aliphatic rings. The van der Waals surface area contributed by atoms with E-state index in [-0.39, 0.29) is 0 Å². The summed E-state index contributed by atoms with van der Waals surface area (Å²) in [7, 11) is 0. The summed E-state index contributed by atoms with van der Waals surface area (Å²) in [6, 6.07) is 9.46. The van der Waals surface area contributed by atoms with E-state index in [4.69, 9.17) is 4.74 Å². The predicted molar refractivity (Wildman–Crippen MR) is 68.2 cm³/mol. The molecule has 3 rings (SSSR count). The molecule has 0 aliphatic carbocycles. The summed E-state index contributed by atoms with van der Waals surface area (Å²) in [6.07, 6.45) is 0. The Bertz CT molecular complexity index is 386. The zero-order valence-electron chi connectivity index (χ0n) is 8.76. The second-order valence-electron chi connectivity index (χ2n) is 3.86. The van der Waals surface area contributed by atoms with Gasteiger partial charge in [-0.3, -0.25) is 5.32 Å². The molecule has 2 nitrogen and oxygen atoms in total. The van der Waals surface area contributed by atoms with Crippen LogP contribution >= 0.6 is 22.7 Å². The lowest BCUT2D eigenvalue weighted by Gasteiger charge is -2.30. The quantitative estimate of drug-likeness (QED) is 0.902. The highest BCUT2D eigenvalue weighted by Gasteiger charge is 2.24. The van der Waals surface area contributed by atoms with E-state index in [1.54, 1.807) is 0 Å². The topological polar surface area (TPSA) is 21.3 Å². The zero-order chi connectivity index (χ0) is 10.8. The Morgan fingerprint density at radius 1 is 1.12 bits per heavy atom. The minimum Gasteiger partial charge on any atom is -0.378 e. The Morgan fingerprint density at radius 3 is 2.12 bits per heavy atom. The maximum absolute atomic E-state index is 5.21. The van der Waals surface area contributed by atoms with Gasteiger partial charge in [-0.2, -0.15) is 0 Å².